The van der Waals surface area contributed by atoms with Gasteiger partial charge in [0.25, 0.3) is 0 Å². The molecular formula is C35H65NO8. The third-order valence-corrected chi connectivity index (χ3v) is 10.2. The van der Waals surface area contributed by atoms with Crippen molar-refractivity contribution in [3.63, 3.8) is 0 Å². The van der Waals surface area contributed by atoms with Crippen LogP contribution < -0.4 is 0 Å². The van der Waals surface area contributed by atoms with Crippen LogP contribution >= 0.6 is 0 Å². The van der Waals surface area contributed by atoms with Gasteiger partial charge < -0.3 is 33.7 Å². The van der Waals surface area contributed by atoms with Crippen LogP contribution in [-0.2, 0) is 33.3 Å². The fourth-order valence-electron chi connectivity index (χ4n) is 6.75. The van der Waals surface area contributed by atoms with E-state index in [0.29, 0.717) is 31.7 Å². The second-order valence-corrected chi connectivity index (χ2v) is 14.0. The summed E-state index contributed by atoms with van der Waals surface area (Å²) in [6.07, 6.45) is 1.27. The highest BCUT2D eigenvalue weighted by Crippen LogP contribution is 2.35. The highest BCUT2D eigenvalue weighted by Gasteiger charge is 2.43. The largest absolute Gasteiger partial charge is 0.462 e. The van der Waals surface area contributed by atoms with Crippen molar-refractivity contribution in [2.24, 2.45) is 29.6 Å². The number of carbonyl (C=O) groups excluding carboxylic acids is 2. The molecule has 0 radical (unpaired) electrons. The van der Waals surface area contributed by atoms with Gasteiger partial charge in [0.1, 0.15) is 11.9 Å². The van der Waals surface area contributed by atoms with Crippen LogP contribution in [0.3, 0.4) is 0 Å². The van der Waals surface area contributed by atoms with Crippen LogP contribution in [0.2, 0.25) is 0 Å². The van der Waals surface area contributed by atoms with Gasteiger partial charge in [-0.05, 0) is 72.9 Å². The minimum Gasteiger partial charge on any atom is -0.462 e. The maximum atomic E-state index is 13.8. The molecule has 0 amide bonds. The lowest BCUT2D eigenvalue weighted by molar-refractivity contribution is -0.259. The Kier molecular flexibility index (Phi) is 16.2. The molecule has 0 aliphatic carbocycles. The SMILES string of the molecule is CC[C@H](O[C@H]1[C@H](C)[C@@H](O[C@H]2C[C@@H](N(C)C)C[C@@H](C)O2)[C@@H](C)CCC(=O)[C@H](C)[C@@H](O)[C@@H](C)[C@@H](CC)OC(=O)[C@@H]1C)O[C@@H](C)CC. The number of esters is 1. The van der Waals surface area contributed by atoms with Crippen molar-refractivity contribution < 1.29 is 38.4 Å². The standard InChI is InChI=1S/C35H65NO8/c1-13-21(5)40-30(15-3)43-34-25(9)33(44-31-19-27(36(11)12)18-22(6)41-31)20(4)16-17-28(37)23(7)32(38)24(8)29(14-2)42-35(39)26(34)10/h20-27,29-34,38H,13-19H2,1-12H3/t20-,21-,22+,23-,24-,25+,26+,27-,29+,30-,31-,32+,33-,34-/m0/s1. The summed E-state index contributed by atoms with van der Waals surface area (Å²) in [4.78, 5) is 29.4. The molecule has 0 aromatic heterocycles. The number of hydrogen-bond donors (Lipinski definition) is 1. The Morgan fingerprint density at radius 2 is 1.59 bits per heavy atom. The van der Waals surface area contributed by atoms with Gasteiger partial charge in [0, 0.05) is 36.6 Å². The summed E-state index contributed by atoms with van der Waals surface area (Å²) in [5, 5.41) is 11.2. The van der Waals surface area contributed by atoms with Crippen molar-refractivity contribution in [3.05, 3.63) is 0 Å². The second-order valence-electron chi connectivity index (χ2n) is 14.0. The maximum absolute atomic E-state index is 13.8. The lowest BCUT2D eigenvalue weighted by Crippen LogP contribution is -2.50. The Morgan fingerprint density at radius 3 is 2.16 bits per heavy atom. The van der Waals surface area contributed by atoms with Crippen molar-refractivity contribution in [2.75, 3.05) is 14.1 Å². The molecule has 9 nitrogen and oxygen atoms in total. The lowest BCUT2D eigenvalue weighted by Gasteiger charge is -2.43. The number of cyclic esters (lactones) is 1. The molecule has 0 aromatic rings. The molecule has 258 valence electrons. The van der Waals surface area contributed by atoms with Gasteiger partial charge in [0.15, 0.2) is 12.6 Å². The fraction of sp³-hybridized carbons (Fsp3) is 0.943. The Balaban J connectivity index is 2.54. The van der Waals surface area contributed by atoms with Crippen LogP contribution in [0, 0.1) is 29.6 Å². The van der Waals surface area contributed by atoms with Crippen LogP contribution in [0.25, 0.3) is 0 Å². The molecule has 2 rings (SSSR count). The number of nitrogens with zero attached hydrogens (tertiary/aromatic N) is 1. The third-order valence-electron chi connectivity index (χ3n) is 10.2. The maximum Gasteiger partial charge on any atom is 0.311 e. The van der Waals surface area contributed by atoms with E-state index in [4.69, 9.17) is 23.7 Å². The van der Waals surface area contributed by atoms with E-state index in [1.54, 1.807) is 6.92 Å². The van der Waals surface area contributed by atoms with Crippen molar-refractivity contribution >= 4 is 11.8 Å². The van der Waals surface area contributed by atoms with E-state index in [1.165, 1.54) is 0 Å². The van der Waals surface area contributed by atoms with Gasteiger partial charge in [0.05, 0.1) is 36.4 Å². The van der Waals surface area contributed by atoms with Crippen molar-refractivity contribution in [2.45, 2.75) is 169 Å². The summed E-state index contributed by atoms with van der Waals surface area (Å²) in [7, 11) is 4.16. The Labute approximate surface area is 268 Å². The number of carbonyl (C=O) groups is 2. The third kappa shape index (κ3) is 10.7. The number of Topliss-reactive ketones (excluding diaryl/α,β-unsaturated/α-hetero) is 1. The number of rotatable bonds is 10. The summed E-state index contributed by atoms with van der Waals surface area (Å²) in [5.41, 5.74) is 0. The first-order chi connectivity index (χ1) is 20.6. The lowest BCUT2D eigenvalue weighted by atomic mass is 9.79. The molecule has 2 saturated heterocycles. The molecule has 44 heavy (non-hydrogen) atoms. The summed E-state index contributed by atoms with van der Waals surface area (Å²) in [6, 6.07) is 0.319. The average molecular weight is 628 g/mol. The van der Waals surface area contributed by atoms with Gasteiger partial charge in [-0.25, -0.2) is 0 Å². The molecule has 2 aliphatic rings. The molecule has 0 bridgehead atoms. The molecule has 2 aliphatic heterocycles. The Bertz CT molecular complexity index is 870. The first kappa shape index (κ1) is 39.1. The summed E-state index contributed by atoms with van der Waals surface area (Å²) in [6.45, 7) is 19.8. The molecule has 1 N–H and O–H groups in total. The normalized spacial score (nSPS) is 39.9. The zero-order valence-corrected chi connectivity index (χ0v) is 29.8. The van der Waals surface area contributed by atoms with Crippen molar-refractivity contribution in [1.29, 1.82) is 0 Å². The summed E-state index contributed by atoms with van der Waals surface area (Å²) < 4.78 is 32.2. The molecular weight excluding hydrogens is 562 g/mol. The first-order valence-electron chi connectivity index (χ1n) is 17.3. The van der Waals surface area contributed by atoms with Crippen LogP contribution in [0.15, 0.2) is 0 Å². The summed E-state index contributed by atoms with van der Waals surface area (Å²) >= 11 is 0. The quantitative estimate of drug-likeness (QED) is 0.231. The number of ketones is 1. The van der Waals surface area contributed by atoms with E-state index in [0.717, 1.165) is 19.3 Å². The van der Waals surface area contributed by atoms with Gasteiger partial charge in [-0.15, -0.1) is 0 Å². The highest BCUT2D eigenvalue weighted by molar-refractivity contribution is 5.81. The van der Waals surface area contributed by atoms with Crippen LogP contribution in [-0.4, -0.2) is 91.1 Å². The van der Waals surface area contributed by atoms with Crippen LogP contribution in [0.5, 0.6) is 0 Å². The molecule has 9 heteroatoms. The van der Waals surface area contributed by atoms with Gasteiger partial charge in [-0.1, -0.05) is 48.5 Å². The minimum atomic E-state index is -0.916. The molecule has 0 spiro atoms. The van der Waals surface area contributed by atoms with Gasteiger partial charge in [-0.3, -0.25) is 9.59 Å². The van der Waals surface area contributed by atoms with Crippen LogP contribution in [0.4, 0.5) is 0 Å². The summed E-state index contributed by atoms with van der Waals surface area (Å²) in [5.74, 6) is -2.27. The molecule has 2 fully saturated rings. The zero-order chi connectivity index (χ0) is 33.3. The molecule has 0 unspecified atom stereocenters. The van der Waals surface area contributed by atoms with E-state index in [2.05, 4.69) is 46.7 Å². The van der Waals surface area contributed by atoms with Gasteiger partial charge in [-0.2, -0.15) is 0 Å². The Hall–Kier alpha value is -1.10. The highest BCUT2D eigenvalue weighted by atomic mass is 16.7. The fourth-order valence-corrected chi connectivity index (χ4v) is 6.75. The average Bonchev–Trinajstić information content (AvgIpc) is 3.00. The van der Waals surface area contributed by atoms with Crippen molar-refractivity contribution in [3.8, 4) is 0 Å². The zero-order valence-electron chi connectivity index (χ0n) is 29.8. The van der Waals surface area contributed by atoms with E-state index in [-0.39, 0.29) is 41.9 Å². The monoisotopic (exact) mass is 627 g/mol. The van der Waals surface area contributed by atoms with E-state index >= 15 is 0 Å². The molecule has 0 aromatic carbocycles. The van der Waals surface area contributed by atoms with Gasteiger partial charge >= 0.3 is 5.97 Å². The number of ether oxygens (including phenoxy) is 5. The number of aliphatic hydroxyl groups is 1. The van der Waals surface area contributed by atoms with E-state index in [1.807, 2.05) is 34.6 Å². The predicted molar refractivity (Wildman–Crippen MR) is 172 cm³/mol. The topological polar surface area (TPSA) is 104 Å². The molecule has 2 heterocycles. The van der Waals surface area contributed by atoms with E-state index in [9.17, 15) is 14.7 Å². The number of hydrogen-bond acceptors (Lipinski definition) is 9. The van der Waals surface area contributed by atoms with E-state index < -0.39 is 48.6 Å². The smallest absolute Gasteiger partial charge is 0.311 e. The second kappa shape index (κ2) is 18.3. The minimum absolute atomic E-state index is 0.00176. The predicted octanol–water partition coefficient (Wildman–Crippen LogP) is 5.99. The number of aliphatic hydroxyl groups excluding tert-OH is 1. The van der Waals surface area contributed by atoms with Crippen LogP contribution in [0.1, 0.15) is 114 Å². The Morgan fingerprint density at radius 1 is 0.932 bits per heavy atom. The van der Waals surface area contributed by atoms with Gasteiger partial charge in [0.2, 0.25) is 0 Å². The molecule has 14 atom stereocenters. The first-order valence-corrected chi connectivity index (χ1v) is 17.3. The van der Waals surface area contributed by atoms with Crippen molar-refractivity contribution in [1.82, 2.24) is 4.90 Å². The molecule has 0 saturated carbocycles.